The van der Waals surface area contributed by atoms with Crippen molar-refractivity contribution < 1.29 is 18.0 Å². The number of hydrogen-bond donors (Lipinski definition) is 0. The Kier molecular flexibility index (Phi) is 2.38. The molecule has 0 N–H and O–H groups in total. The van der Waals surface area contributed by atoms with Crippen molar-refractivity contribution in [2.45, 2.75) is 12.6 Å². The first-order chi connectivity index (χ1) is 7.09. The number of nitrogens with zero attached hydrogens (tertiary/aromatic N) is 1. The molecule has 15 heavy (non-hydrogen) atoms. The van der Waals surface area contributed by atoms with Crippen molar-refractivity contribution >= 4 is 5.71 Å². The van der Waals surface area contributed by atoms with Gasteiger partial charge in [-0.1, -0.05) is 23.4 Å². The van der Waals surface area contributed by atoms with Gasteiger partial charge < -0.3 is 4.84 Å². The lowest BCUT2D eigenvalue weighted by atomic mass is 10.0. The molecule has 1 aliphatic heterocycles. The molecule has 2 nitrogen and oxygen atoms in total. The number of halogens is 3. The summed E-state index contributed by atoms with van der Waals surface area (Å²) < 4.78 is 37.8. The van der Waals surface area contributed by atoms with E-state index in [1.165, 1.54) is 12.1 Å². The minimum Gasteiger partial charge on any atom is -0.395 e. The van der Waals surface area contributed by atoms with Gasteiger partial charge in [0.05, 0.1) is 11.3 Å². The molecule has 1 aromatic rings. The molecule has 0 spiro atoms. The Bertz CT molecular complexity index is 398. The molecule has 5 heteroatoms. The van der Waals surface area contributed by atoms with Gasteiger partial charge in [-0.05, 0) is 6.07 Å². The highest BCUT2D eigenvalue weighted by Crippen LogP contribution is 2.32. The highest BCUT2D eigenvalue weighted by molar-refractivity contribution is 6.02. The molecule has 0 atom stereocenters. The van der Waals surface area contributed by atoms with Crippen LogP contribution in [-0.4, -0.2) is 12.3 Å². The van der Waals surface area contributed by atoms with E-state index in [1.807, 2.05) is 0 Å². The summed E-state index contributed by atoms with van der Waals surface area (Å²) in [5.41, 5.74) is -0.181. The minimum absolute atomic E-state index is 0.113. The standard InChI is InChI=1S/C10H8F3NO/c11-10(12,13)8-4-2-1-3-7(8)9-5-6-15-14-9/h1-4H,5-6H2. The fraction of sp³-hybridized carbons (Fsp3) is 0.300. The maximum atomic E-state index is 12.6. The molecule has 0 aliphatic carbocycles. The Balaban J connectivity index is 2.47. The van der Waals surface area contributed by atoms with Gasteiger partial charge in [-0.2, -0.15) is 13.2 Å². The van der Waals surface area contributed by atoms with Gasteiger partial charge in [0.1, 0.15) is 6.61 Å². The quantitative estimate of drug-likeness (QED) is 0.705. The molecule has 0 saturated heterocycles. The predicted molar refractivity (Wildman–Crippen MR) is 48.6 cm³/mol. The zero-order valence-electron chi connectivity index (χ0n) is 7.71. The third-order valence-electron chi connectivity index (χ3n) is 2.15. The van der Waals surface area contributed by atoms with Crippen LogP contribution in [0, 0.1) is 0 Å². The van der Waals surface area contributed by atoms with Crippen LogP contribution in [0.25, 0.3) is 0 Å². The van der Waals surface area contributed by atoms with Crippen molar-refractivity contribution in [1.82, 2.24) is 0 Å². The van der Waals surface area contributed by atoms with Gasteiger partial charge in [0.25, 0.3) is 0 Å². The van der Waals surface area contributed by atoms with E-state index >= 15 is 0 Å². The number of hydrogen-bond acceptors (Lipinski definition) is 2. The van der Waals surface area contributed by atoms with Gasteiger partial charge >= 0.3 is 6.18 Å². The van der Waals surface area contributed by atoms with Crippen LogP contribution in [0.5, 0.6) is 0 Å². The molecule has 80 valence electrons. The molecule has 0 fully saturated rings. The summed E-state index contributed by atoms with van der Waals surface area (Å²) in [6.07, 6.45) is -3.92. The molecule has 0 unspecified atom stereocenters. The van der Waals surface area contributed by atoms with E-state index < -0.39 is 11.7 Å². The van der Waals surface area contributed by atoms with E-state index in [1.54, 1.807) is 6.07 Å². The lowest BCUT2D eigenvalue weighted by molar-refractivity contribution is -0.137. The van der Waals surface area contributed by atoms with Crippen LogP contribution in [0.1, 0.15) is 17.5 Å². The smallest absolute Gasteiger partial charge is 0.395 e. The van der Waals surface area contributed by atoms with Crippen molar-refractivity contribution in [2.24, 2.45) is 5.16 Å². The van der Waals surface area contributed by atoms with E-state index in [-0.39, 0.29) is 5.56 Å². The number of oxime groups is 1. The second-order valence-corrected chi connectivity index (χ2v) is 3.16. The van der Waals surface area contributed by atoms with Crippen LogP contribution in [0.3, 0.4) is 0 Å². The SMILES string of the molecule is FC(F)(F)c1ccccc1C1=NOCC1. The molecule has 0 saturated carbocycles. The van der Waals surface area contributed by atoms with Crippen molar-refractivity contribution in [1.29, 1.82) is 0 Å². The molecule has 0 amide bonds. The maximum absolute atomic E-state index is 12.6. The molecular weight excluding hydrogens is 207 g/mol. The van der Waals surface area contributed by atoms with Gasteiger partial charge in [-0.3, -0.25) is 0 Å². The highest BCUT2D eigenvalue weighted by Gasteiger charge is 2.34. The average molecular weight is 215 g/mol. The van der Waals surface area contributed by atoms with E-state index in [2.05, 4.69) is 5.16 Å². The molecule has 1 aliphatic rings. The first kappa shape index (κ1) is 10.0. The highest BCUT2D eigenvalue weighted by atomic mass is 19.4. The zero-order valence-corrected chi connectivity index (χ0v) is 7.71. The van der Waals surface area contributed by atoms with Crippen molar-refractivity contribution in [3.63, 3.8) is 0 Å². The van der Waals surface area contributed by atoms with Crippen LogP contribution >= 0.6 is 0 Å². The van der Waals surface area contributed by atoms with Crippen LogP contribution in [0.2, 0.25) is 0 Å². The molecule has 1 heterocycles. The van der Waals surface area contributed by atoms with Crippen molar-refractivity contribution in [3.05, 3.63) is 35.4 Å². The third-order valence-corrected chi connectivity index (χ3v) is 2.15. The summed E-state index contributed by atoms with van der Waals surface area (Å²) in [5, 5.41) is 3.60. The summed E-state index contributed by atoms with van der Waals surface area (Å²) >= 11 is 0. The van der Waals surface area contributed by atoms with Crippen LogP contribution in [-0.2, 0) is 11.0 Å². The lowest BCUT2D eigenvalue weighted by Gasteiger charge is -2.11. The van der Waals surface area contributed by atoms with E-state index in [0.29, 0.717) is 18.7 Å². The minimum atomic E-state index is -4.35. The first-order valence-electron chi connectivity index (χ1n) is 4.44. The summed E-state index contributed by atoms with van der Waals surface area (Å²) in [7, 11) is 0. The third kappa shape index (κ3) is 1.95. The normalized spacial score (nSPS) is 16.1. The second kappa shape index (κ2) is 3.56. The van der Waals surface area contributed by atoms with Gasteiger partial charge in [-0.15, -0.1) is 0 Å². The maximum Gasteiger partial charge on any atom is 0.417 e. The number of benzene rings is 1. The summed E-state index contributed by atoms with van der Waals surface area (Å²) in [4.78, 5) is 4.70. The Morgan fingerprint density at radius 1 is 1.20 bits per heavy atom. The molecule has 2 rings (SSSR count). The van der Waals surface area contributed by atoms with E-state index in [4.69, 9.17) is 4.84 Å². The van der Waals surface area contributed by atoms with Crippen LogP contribution < -0.4 is 0 Å². The molecule has 0 bridgehead atoms. The largest absolute Gasteiger partial charge is 0.417 e. The predicted octanol–water partition coefficient (Wildman–Crippen LogP) is 2.83. The zero-order chi connectivity index (χ0) is 10.9. The molecular formula is C10H8F3NO. The van der Waals surface area contributed by atoms with Gasteiger partial charge in [0, 0.05) is 12.0 Å². The number of rotatable bonds is 1. The fourth-order valence-corrected chi connectivity index (χ4v) is 1.48. The Morgan fingerprint density at radius 2 is 1.93 bits per heavy atom. The summed E-state index contributed by atoms with van der Waals surface area (Å²) in [5.74, 6) is 0. The average Bonchev–Trinajstić information content (AvgIpc) is 2.69. The Hall–Kier alpha value is -1.52. The second-order valence-electron chi connectivity index (χ2n) is 3.16. The summed E-state index contributed by atoms with van der Waals surface area (Å²) in [6, 6.07) is 5.39. The molecule has 0 radical (unpaired) electrons. The van der Waals surface area contributed by atoms with Crippen LogP contribution in [0.15, 0.2) is 29.4 Å². The van der Waals surface area contributed by atoms with Gasteiger partial charge in [-0.25, -0.2) is 0 Å². The van der Waals surface area contributed by atoms with Gasteiger partial charge in [0.2, 0.25) is 0 Å². The van der Waals surface area contributed by atoms with E-state index in [9.17, 15) is 13.2 Å². The Morgan fingerprint density at radius 3 is 2.53 bits per heavy atom. The molecule has 0 aromatic heterocycles. The van der Waals surface area contributed by atoms with Crippen molar-refractivity contribution in [3.8, 4) is 0 Å². The number of alkyl halides is 3. The van der Waals surface area contributed by atoms with E-state index in [0.717, 1.165) is 6.07 Å². The topological polar surface area (TPSA) is 21.6 Å². The monoisotopic (exact) mass is 215 g/mol. The summed E-state index contributed by atoms with van der Waals surface area (Å²) in [6.45, 7) is 0.349. The van der Waals surface area contributed by atoms with Crippen molar-refractivity contribution in [2.75, 3.05) is 6.61 Å². The fourth-order valence-electron chi connectivity index (χ4n) is 1.48. The van der Waals surface area contributed by atoms with Crippen LogP contribution in [0.4, 0.5) is 13.2 Å². The Labute approximate surface area is 84.3 Å². The lowest BCUT2D eigenvalue weighted by Crippen LogP contribution is -2.12. The molecule has 1 aromatic carbocycles. The first-order valence-corrected chi connectivity index (χ1v) is 4.44. The van der Waals surface area contributed by atoms with Gasteiger partial charge in [0.15, 0.2) is 0 Å².